The Balaban J connectivity index is 2.11. The van der Waals surface area contributed by atoms with Gasteiger partial charge < -0.3 is 5.32 Å². The maximum Gasteiger partial charge on any atom is 0.416 e. The van der Waals surface area contributed by atoms with Gasteiger partial charge in [-0.1, -0.05) is 0 Å². The first-order chi connectivity index (χ1) is 9.36. The summed E-state index contributed by atoms with van der Waals surface area (Å²) in [6.07, 6.45) is -2.98. The molecule has 0 unspecified atom stereocenters. The van der Waals surface area contributed by atoms with Crippen molar-refractivity contribution in [3.05, 3.63) is 58.3 Å². The molecular formula is C13H8BrF3N2O. The first kappa shape index (κ1) is 14.5. The summed E-state index contributed by atoms with van der Waals surface area (Å²) in [4.78, 5) is 15.8. The SMILES string of the molecule is O=C(Nc1ccc(Br)nc1)c1ccc(C(F)(F)F)cc1. The van der Waals surface area contributed by atoms with Crippen molar-refractivity contribution >= 4 is 27.5 Å². The number of amides is 1. The fourth-order valence-electron chi connectivity index (χ4n) is 1.46. The van der Waals surface area contributed by atoms with Crippen molar-refractivity contribution in [1.82, 2.24) is 4.98 Å². The summed E-state index contributed by atoms with van der Waals surface area (Å²) in [5.74, 6) is -0.497. The average molecular weight is 345 g/mol. The smallest absolute Gasteiger partial charge is 0.321 e. The lowest BCUT2D eigenvalue weighted by molar-refractivity contribution is -0.137. The monoisotopic (exact) mass is 344 g/mol. The fraction of sp³-hybridized carbons (Fsp3) is 0.0769. The number of hydrogen-bond acceptors (Lipinski definition) is 2. The van der Waals surface area contributed by atoms with Crippen molar-refractivity contribution in [2.75, 3.05) is 5.32 Å². The predicted molar refractivity (Wildman–Crippen MR) is 71.3 cm³/mol. The van der Waals surface area contributed by atoms with E-state index in [0.717, 1.165) is 24.3 Å². The molecule has 0 aliphatic carbocycles. The van der Waals surface area contributed by atoms with Gasteiger partial charge in [0.25, 0.3) is 5.91 Å². The van der Waals surface area contributed by atoms with Crippen molar-refractivity contribution < 1.29 is 18.0 Å². The molecule has 0 atom stereocenters. The van der Waals surface area contributed by atoms with Crippen molar-refractivity contribution in [3.63, 3.8) is 0 Å². The van der Waals surface area contributed by atoms with E-state index in [4.69, 9.17) is 0 Å². The van der Waals surface area contributed by atoms with Gasteiger partial charge in [-0.15, -0.1) is 0 Å². The highest BCUT2D eigenvalue weighted by molar-refractivity contribution is 9.10. The minimum Gasteiger partial charge on any atom is -0.321 e. The molecule has 0 aliphatic heterocycles. The fourth-order valence-corrected chi connectivity index (χ4v) is 1.70. The number of carbonyl (C=O) groups excluding carboxylic acids is 1. The summed E-state index contributed by atoms with van der Waals surface area (Å²) in [6.45, 7) is 0. The van der Waals surface area contributed by atoms with Crippen LogP contribution in [0, 0.1) is 0 Å². The molecule has 3 nitrogen and oxygen atoms in total. The predicted octanol–water partition coefficient (Wildman–Crippen LogP) is 4.12. The number of anilines is 1. The van der Waals surface area contributed by atoms with Gasteiger partial charge >= 0.3 is 6.18 Å². The first-order valence-corrected chi connectivity index (χ1v) is 6.26. The van der Waals surface area contributed by atoms with Gasteiger partial charge in [-0.25, -0.2) is 4.98 Å². The van der Waals surface area contributed by atoms with Crippen LogP contribution in [0.1, 0.15) is 15.9 Å². The van der Waals surface area contributed by atoms with E-state index in [-0.39, 0.29) is 5.56 Å². The van der Waals surface area contributed by atoms with E-state index in [1.807, 2.05) is 0 Å². The number of benzene rings is 1. The molecule has 0 fully saturated rings. The molecule has 0 saturated carbocycles. The molecule has 1 heterocycles. The van der Waals surface area contributed by atoms with E-state index in [9.17, 15) is 18.0 Å². The molecule has 1 aromatic carbocycles. The Labute approximate surface area is 121 Å². The number of nitrogens with zero attached hydrogens (tertiary/aromatic N) is 1. The minimum absolute atomic E-state index is 0.140. The minimum atomic E-state index is -4.41. The Morgan fingerprint density at radius 1 is 1.10 bits per heavy atom. The zero-order chi connectivity index (χ0) is 14.8. The molecule has 1 aromatic heterocycles. The molecule has 0 radical (unpaired) electrons. The van der Waals surface area contributed by atoms with Gasteiger partial charge in [0, 0.05) is 5.56 Å². The zero-order valence-electron chi connectivity index (χ0n) is 9.91. The summed E-state index contributed by atoms with van der Waals surface area (Å²) in [5, 5.41) is 2.54. The van der Waals surface area contributed by atoms with Gasteiger partial charge in [-0.3, -0.25) is 4.79 Å². The van der Waals surface area contributed by atoms with E-state index in [1.165, 1.54) is 6.20 Å². The maximum absolute atomic E-state index is 12.4. The van der Waals surface area contributed by atoms with Crippen LogP contribution in [0.2, 0.25) is 0 Å². The summed E-state index contributed by atoms with van der Waals surface area (Å²) in [5.41, 5.74) is -0.196. The van der Waals surface area contributed by atoms with Crippen LogP contribution >= 0.6 is 15.9 Å². The average Bonchev–Trinajstić information content (AvgIpc) is 2.40. The Morgan fingerprint density at radius 3 is 2.25 bits per heavy atom. The number of pyridine rings is 1. The highest BCUT2D eigenvalue weighted by atomic mass is 79.9. The molecule has 0 saturated heterocycles. The Bertz CT molecular complexity index is 609. The van der Waals surface area contributed by atoms with Gasteiger partial charge in [0.05, 0.1) is 17.4 Å². The van der Waals surface area contributed by atoms with Gasteiger partial charge in [-0.05, 0) is 52.3 Å². The normalized spacial score (nSPS) is 11.2. The summed E-state index contributed by atoms with van der Waals surface area (Å²) < 4.78 is 37.8. The number of halogens is 4. The van der Waals surface area contributed by atoms with E-state index in [1.54, 1.807) is 12.1 Å². The molecule has 1 N–H and O–H groups in total. The second kappa shape index (κ2) is 5.62. The van der Waals surface area contributed by atoms with Crippen molar-refractivity contribution in [3.8, 4) is 0 Å². The van der Waals surface area contributed by atoms with Gasteiger partial charge in [0.2, 0.25) is 0 Å². The second-order valence-corrected chi connectivity index (χ2v) is 4.71. The number of carbonyl (C=O) groups is 1. The maximum atomic E-state index is 12.4. The third-order valence-electron chi connectivity index (χ3n) is 2.46. The van der Waals surface area contributed by atoms with Gasteiger partial charge in [0.15, 0.2) is 0 Å². The quantitative estimate of drug-likeness (QED) is 0.833. The third-order valence-corrected chi connectivity index (χ3v) is 2.93. The van der Waals surface area contributed by atoms with Crippen molar-refractivity contribution in [2.45, 2.75) is 6.18 Å². The van der Waals surface area contributed by atoms with Crippen molar-refractivity contribution in [1.29, 1.82) is 0 Å². The Kier molecular flexibility index (Phi) is 4.08. The van der Waals surface area contributed by atoms with Gasteiger partial charge in [-0.2, -0.15) is 13.2 Å². The molecule has 2 rings (SSSR count). The lowest BCUT2D eigenvalue weighted by Crippen LogP contribution is -2.13. The number of rotatable bonds is 2. The van der Waals surface area contributed by atoms with Crippen LogP contribution < -0.4 is 5.32 Å². The number of hydrogen-bond donors (Lipinski definition) is 1. The van der Waals surface area contributed by atoms with Gasteiger partial charge in [0.1, 0.15) is 4.60 Å². The van der Waals surface area contributed by atoms with E-state index >= 15 is 0 Å². The molecule has 1 amide bonds. The molecule has 0 bridgehead atoms. The summed E-state index contributed by atoms with van der Waals surface area (Å²) in [6, 6.07) is 7.26. The van der Waals surface area contributed by atoms with E-state index in [0.29, 0.717) is 10.3 Å². The third kappa shape index (κ3) is 3.57. The number of aromatic nitrogens is 1. The summed E-state index contributed by atoms with van der Waals surface area (Å²) in [7, 11) is 0. The molecule has 7 heteroatoms. The molecule has 0 aliphatic rings. The molecule has 2 aromatic rings. The topological polar surface area (TPSA) is 42.0 Å². The first-order valence-electron chi connectivity index (χ1n) is 5.46. The lowest BCUT2D eigenvalue weighted by Gasteiger charge is -2.08. The van der Waals surface area contributed by atoms with E-state index in [2.05, 4.69) is 26.2 Å². The number of nitrogens with one attached hydrogen (secondary N) is 1. The zero-order valence-corrected chi connectivity index (χ0v) is 11.5. The van der Waals surface area contributed by atoms with Crippen LogP contribution in [0.3, 0.4) is 0 Å². The van der Waals surface area contributed by atoms with Crippen LogP contribution in [0.4, 0.5) is 18.9 Å². The lowest BCUT2D eigenvalue weighted by atomic mass is 10.1. The van der Waals surface area contributed by atoms with E-state index < -0.39 is 17.6 Å². The molecule has 0 spiro atoms. The summed E-state index contributed by atoms with van der Waals surface area (Å²) >= 11 is 3.15. The van der Waals surface area contributed by atoms with Crippen LogP contribution in [0.5, 0.6) is 0 Å². The Hall–Kier alpha value is -1.89. The Morgan fingerprint density at radius 2 is 1.75 bits per heavy atom. The second-order valence-electron chi connectivity index (χ2n) is 3.90. The highest BCUT2D eigenvalue weighted by Gasteiger charge is 2.30. The van der Waals surface area contributed by atoms with Crippen LogP contribution in [-0.4, -0.2) is 10.9 Å². The molecule has 20 heavy (non-hydrogen) atoms. The number of alkyl halides is 3. The van der Waals surface area contributed by atoms with Crippen molar-refractivity contribution in [2.24, 2.45) is 0 Å². The molecule has 104 valence electrons. The highest BCUT2D eigenvalue weighted by Crippen LogP contribution is 2.29. The largest absolute Gasteiger partial charge is 0.416 e. The van der Waals surface area contributed by atoms with Crippen LogP contribution in [0.15, 0.2) is 47.2 Å². The van der Waals surface area contributed by atoms with Crippen LogP contribution in [0.25, 0.3) is 0 Å². The standard InChI is InChI=1S/C13H8BrF3N2O/c14-11-6-5-10(7-18-11)19-12(20)8-1-3-9(4-2-8)13(15,16)17/h1-7H,(H,19,20). The van der Waals surface area contributed by atoms with Crippen LogP contribution in [-0.2, 0) is 6.18 Å². The molecular weight excluding hydrogens is 337 g/mol.